The molecule has 2 aliphatic rings. The third kappa shape index (κ3) is 14.7. The highest BCUT2D eigenvalue weighted by Gasteiger charge is 2.41. The molecule has 7 nitrogen and oxygen atoms in total. The minimum absolute atomic E-state index is 0.0238. The normalized spacial score (nSPS) is 23.2. The number of ketones is 2. The van der Waals surface area contributed by atoms with E-state index >= 15 is 0 Å². The Morgan fingerprint density at radius 3 is 1.32 bits per heavy atom. The molecule has 9 heteroatoms. The van der Waals surface area contributed by atoms with Crippen LogP contribution in [0.2, 0.25) is 0 Å². The number of carbonyl (C=O) groups excluding carboxylic acids is 2. The first kappa shape index (κ1) is 46.3. The van der Waals surface area contributed by atoms with E-state index in [2.05, 4.69) is 109 Å². The van der Waals surface area contributed by atoms with Gasteiger partial charge in [0.05, 0.1) is 0 Å². The molecule has 0 aliphatic heterocycles. The molecule has 0 aromatic carbocycles. The summed E-state index contributed by atoms with van der Waals surface area (Å²) in [7, 11) is 2.03. The predicted octanol–water partition coefficient (Wildman–Crippen LogP) is 12.1. The van der Waals surface area contributed by atoms with Gasteiger partial charge in [-0.05, 0) is 87.5 Å². The van der Waals surface area contributed by atoms with Crippen molar-refractivity contribution in [1.29, 1.82) is 0 Å². The number of hydrogen-bond acceptors (Lipinski definition) is 7. The van der Waals surface area contributed by atoms with Crippen molar-refractivity contribution in [2.45, 2.75) is 94.3 Å². The first-order valence-corrected chi connectivity index (χ1v) is 20.7. The Hall–Kier alpha value is -2.86. The third-order valence-electron chi connectivity index (χ3n) is 9.32. The summed E-state index contributed by atoms with van der Waals surface area (Å²) in [4.78, 5) is 26.0. The zero-order chi connectivity index (χ0) is 39.9. The molecule has 53 heavy (non-hydrogen) atoms. The van der Waals surface area contributed by atoms with Crippen molar-refractivity contribution in [2.24, 2.45) is 10.8 Å². The maximum atomic E-state index is 13.1. The van der Waals surface area contributed by atoms with E-state index in [1.807, 2.05) is 51.7 Å². The van der Waals surface area contributed by atoms with Crippen LogP contribution in [-0.2, 0) is 32.2 Å². The van der Waals surface area contributed by atoms with Crippen molar-refractivity contribution in [3.8, 4) is 0 Å². The molecule has 0 amide bonds. The largest absolute Gasteiger partial charge is 0.338 e. The van der Waals surface area contributed by atoms with Gasteiger partial charge >= 0.3 is 8.60 Å². The second-order valence-corrected chi connectivity index (χ2v) is 17.6. The van der Waals surface area contributed by atoms with Crippen LogP contribution in [0.1, 0.15) is 82.1 Å². The molecule has 0 bridgehead atoms. The first-order chi connectivity index (χ1) is 24.9. The summed E-state index contributed by atoms with van der Waals surface area (Å²) >= 11 is 0. The van der Waals surface area contributed by atoms with Crippen LogP contribution >= 0.6 is 17.0 Å². The summed E-state index contributed by atoms with van der Waals surface area (Å²) in [5.41, 5.74) is 7.54. The zero-order valence-corrected chi connectivity index (χ0v) is 36.2. The van der Waals surface area contributed by atoms with Gasteiger partial charge in [0, 0.05) is 28.0 Å². The van der Waals surface area contributed by atoms with E-state index in [-0.39, 0.29) is 22.4 Å². The fraction of sp³-hybridized carbons (Fsp3) is 0.455. The Kier molecular flexibility index (Phi) is 19.1. The topological polar surface area (TPSA) is 80.3 Å². The van der Waals surface area contributed by atoms with Gasteiger partial charge < -0.3 is 22.6 Å². The van der Waals surface area contributed by atoms with Crippen molar-refractivity contribution in [1.82, 2.24) is 0 Å². The second-order valence-electron chi connectivity index (χ2n) is 14.8. The van der Waals surface area contributed by atoms with E-state index in [4.69, 9.17) is 22.6 Å². The number of carbonyl (C=O) groups is 2. The Bertz CT molecular complexity index is 1650. The van der Waals surface area contributed by atoms with Crippen molar-refractivity contribution in [2.75, 3.05) is 28.0 Å². The molecule has 2 rings (SSSR count). The minimum atomic E-state index is -1.54. The standard InChI is InChI=1S/C44H62O7P2/c1-31(21-17-23-33(3)25-27-37-35(5)41(45)39(29-43(37,7)8)50-52(14)47-11)19-15-16-20-32(2)22-18-24-34(4)26-28-38-36(6)42(46)40(30-44(38,9)10)51-53(48-12)49-13/h15-28,39-40H,29-30H2,1-14H3/b16-15+,21-17+,22-18+,27-25+,28-26+,31-19+,32-20+,33-23+,34-24+. The van der Waals surface area contributed by atoms with Crippen LogP contribution < -0.4 is 0 Å². The van der Waals surface area contributed by atoms with Crippen LogP contribution in [-0.4, -0.2) is 51.8 Å². The molecule has 0 aromatic rings. The molecule has 2 aliphatic carbocycles. The summed E-state index contributed by atoms with van der Waals surface area (Å²) in [5.74, 6) is 0.0193. The molecule has 0 spiro atoms. The fourth-order valence-corrected chi connectivity index (χ4v) is 7.54. The Morgan fingerprint density at radius 1 is 0.585 bits per heavy atom. The van der Waals surface area contributed by atoms with Gasteiger partial charge in [-0.3, -0.25) is 9.59 Å². The molecular weight excluding hydrogens is 702 g/mol. The van der Waals surface area contributed by atoms with E-state index < -0.39 is 29.2 Å². The second kappa shape index (κ2) is 21.9. The van der Waals surface area contributed by atoms with Gasteiger partial charge in [-0.15, -0.1) is 0 Å². The van der Waals surface area contributed by atoms with Crippen molar-refractivity contribution >= 4 is 28.5 Å². The minimum Gasteiger partial charge on any atom is -0.338 e. The smallest absolute Gasteiger partial charge is 0.332 e. The van der Waals surface area contributed by atoms with E-state index in [0.29, 0.717) is 18.4 Å². The highest BCUT2D eigenvalue weighted by Crippen LogP contribution is 2.47. The SMILES string of the molecule is COP(C)OC1CC(C)(C)C(/C=C/C(C)=C/C=C/C(C)=C/C=C/C=C(C)/C=C/C=C(C)/C=C/C2=C(C)C(=O)C(OP(OC)OC)CC2(C)C)=C(C)C1=O. The van der Waals surface area contributed by atoms with E-state index in [9.17, 15) is 9.59 Å². The molecule has 290 valence electrons. The van der Waals surface area contributed by atoms with Gasteiger partial charge in [0.2, 0.25) is 0 Å². The molecule has 0 aromatic heterocycles. The van der Waals surface area contributed by atoms with Crippen molar-refractivity contribution < 1.29 is 32.2 Å². The highest BCUT2D eigenvalue weighted by molar-refractivity contribution is 7.46. The van der Waals surface area contributed by atoms with Gasteiger partial charge in [-0.1, -0.05) is 135 Å². The van der Waals surface area contributed by atoms with Gasteiger partial charge in [-0.2, -0.15) is 0 Å². The lowest BCUT2D eigenvalue weighted by Gasteiger charge is -2.37. The molecule has 3 unspecified atom stereocenters. The number of Topliss-reactive ketones (excluding diaryl/α,β-unsaturated/α-hetero) is 2. The van der Waals surface area contributed by atoms with Crippen LogP contribution in [0, 0.1) is 10.8 Å². The number of rotatable bonds is 17. The Balaban J connectivity index is 1.98. The summed E-state index contributed by atoms with van der Waals surface area (Å²) < 4.78 is 27.4. The first-order valence-electron chi connectivity index (χ1n) is 18.0. The fourth-order valence-electron chi connectivity index (χ4n) is 6.22. The van der Waals surface area contributed by atoms with Gasteiger partial charge in [0.1, 0.15) is 12.2 Å². The molecule has 0 fully saturated rings. The lowest BCUT2D eigenvalue weighted by atomic mass is 9.71. The summed E-state index contributed by atoms with van der Waals surface area (Å²) in [6.07, 6.45) is 29.0. The molecule has 0 radical (unpaired) electrons. The van der Waals surface area contributed by atoms with Crippen LogP contribution in [0.5, 0.6) is 0 Å². The molecule has 0 N–H and O–H groups in total. The van der Waals surface area contributed by atoms with Gasteiger partial charge in [-0.25, -0.2) is 0 Å². The van der Waals surface area contributed by atoms with E-state index in [0.717, 1.165) is 39.0 Å². The summed E-state index contributed by atoms with van der Waals surface area (Å²) in [5, 5.41) is 0. The maximum Gasteiger partial charge on any atom is 0.332 e. The molecule has 0 heterocycles. The monoisotopic (exact) mass is 764 g/mol. The van der Waals surface area contributed by atoms with Crippen molar-refractivity contribution in [3.05, 3.63) is 130 Å². The molecule has 0 saturated heterocycles. The third-order valence-corrected chi connectivity index (χ3v) is 11.4. The lowest BCUT2D eigenvalue weighted by molar-refractivity contribution is -0.125. The van der Waals surface area contributed by atoms with Crippen LogP contribution in [0.25, 0.3) is 0 Å². The Labute approximate surface area is 322 Å². The highest BCUT2D eigenvalue weighted by atomic mass is 31.2. The van der Waals surface area contributed by atoms with Crippen LogP contribution in [0.4, 0.5) is 0 Å². The maximum absolute atomic E-state index is 13.1. The number of allylic oxidation sites excluding steroid dienone is 20. The van der Waals surface area contributed by atoms with E-state index in [1.165, 1.54) is 14.2 Å². The molecule has 0 saturated carbocycles. The van der Waals surface area contributed by atoms with Crippen molar-refractivity contribution in [3.63, 3.8) is 0 Å². The zero-order valence-electron chi connectivity index (χ0n) is 34.4. The predicted molar refractivity (Wildman–Crippen MR) is 223 cm³/mol. The average molecular weight is 765 g/mol. The quantitative estimate of drug-likeness (QED) is 0.108. The molecular formula is C44H62O7P2. The lowest BCUT2D eigenvalue weighted by Crippen LogP contribution is -2.37. The van der Waals surface area contributed by atoms with E-state index in [1.54, 1.807) is 7.11 Å². The van der Waals surface area contributed by atoms with Crippen LogP contribution in [0.3, 0.4) is 0 Å². The summed E-state index contributed by atoms with van der Waals surface area (Å²) in [6.45, 7) is 22.5. The van der Waals surface area contributed by atoms with Gasteiger partial charge in [0.25, 0.3) is 0 Å². The number of hydrogen-bond donors (Lipinski definition) is 0. The van der Waals surface area contributed by atoms with Gasteiger partial charge in [0.15, 0.2) is 19.9 Å². The van der Waals surface area contributed by atoms with Crippen LogP contribution in [0.15, 0.2) is 130 Å². The average Bonchev–Trinajstić information content (AvgIpc) is 3.09. The summed E-state index contributed by atoms with van der Waals surface area (Å²) in [6, 6.07) is 0. The Morgan fingerprint density at radius 2 is 0.943 bits per heavy atom. The molecule has 3 atom stereocenters.